The number of dihydropyridines is 1. The highest BCUT2D eigenvalue weighted by atomic mass is 32.2. The van der Waals surface area contributed by atoms with Gasteiger partial charge in [0.15, 0.2) is 0 Å². The van der Waals surface area contributed by atoms with Crippen LogP contribution in [0.5, 0.6) is 0 Å². The third-order valence-electron chi connectivity index (χ3n) is 4.11. The number of carbonyl (C=O) groups is 1. The minimum absolute atomic E-state index is 0.205. The van der Waals surface area contributed by atoms with Crippen LogP contribution >= 0.6 is 23.1 Å². The highest BCUT2D eigenvalue weighted by Crippen LogP contribution is 2.42. The van der Waals surface area contributed by atoms with Crippen molar-refractivity contribution in [3.8, 4) is 10.6 Å². The van der Waals surface area contributed by atoms with Crippen molar-refractivity contribution in [2.75, 3.05) is 11.9 Å². The van der Waals surface area contributed by atoms with Crippen molar-refractivity contribution in [2.24, 2.45) is 0 Å². The first-order chi connectivity index (χ1) is 13.2. The third-order valence-corrected chi connectivity index (χ3v) is 6.32. The smallest absolute Gasteiger partial charge is 0.325 e. The van der Waals surface area contributed by atoms with Gasteiger partial charge in [-0.1, -0.05) is 19.1 Å². The summed E-state index contributed by atoms with van der Waals surface area (Å²) in [5.74, 6) is 1.21. The minimum atomic E-state index is -0.318. The van der Waals surface area contributed by atoms with Crippen LogP contribution in [0.15, 0.2) is 54.0 Å². The molecule has 0 saturated carbocycles. The molecule has 0 radical (unpaired) electrons. The van der Waals surface area contributed by atoms with E-state index in [0.29, 0.717) is 22.3 Å². The molecule has 140 valence electrons. The topological polar surface area (TPSA) is 91.0 Å². The van der Waals surface area contributed by atoms with Gasteiger partial charge in [0.25, 0.3) is 0 Å². The zero-order chi connectivity index (χ0) is 18.6. The lowest BCUT2D eigenvalue weighted by Crippen LogP contribution is -2.43. The van der Waals surface area contributed by atoms with Crippen LogP contribution in [-0.4, -0.2) is 39.2 Å². The standard InChI is InChI=1S/C18H20N6OS2/c1-2-20-17-15(27-17)12-4-3-5-13(21-12)23-18(25)24-14-10-26-16(22-14)11-6-8-19-9-7-11/h3-10,12,15,17,20-21H,2H2,1H3,(H2,23,24,25). The summed E-state index contributed by atoms with van der Waals surface area (Å²) in [6, 6.07) is 3.67. The van der Waals surface area contributed by atoms with E-state index in [0.717, 1.165) is 17.1 Å². The molecule has 1 fully saturated rings. The Hall–Kier alpha value is -2.36. The lowest BCUT2D eigenvalue weighted by atomic mass is 10.1. The van der Waals surface area contributed by atoms with E-state index in [1.807, 2.05) is 41.4 Å². The van der Waals surface area contributed by atoms with Crippen molar-refractivity contribution in [1.82, 2.24) is 25.9 Å². The van der Waals surface area contributed by atoms with Gasteiger partial charge in [-0.3, -0.25) is 15.6 Å². The highest BCUT2D eigenvalue weighted by Gasteiger charge is 2.43. The molecule has 0 bridgehead atoms. The lowest BCUT2D eigenvalue weighted by Gasteiger charge is -2.21. The largest absolute Gasteiger partial charge is 0.364 e. The third kappa shape index (κ3) is 4.49. The number of carbonyl (C=O) groups excluding carboxylic acids is 1. The minimum Gasteiger partial charge on any atom is -0.364 e. The number of thioether (sulfide) groups is 1. The first kappa shape index (κ1) is 18.0. The molecule has 3 atom stereocenters. The Balaban J connectivity index is 1.30. The van der Waals surface area contributed by atoms with E-state index in [1.165, 1.54) is 11.3 Å². The fraction of sp³-hybridized carbons (Fsp3) is 0.278. The van der Waals surface area contributed by atoms with E-state index in [-0.39, 0.29) is 12.1 Å². The summed E-state index contributed by atoms with van der Waals surface area (Å²) in [5.41, 5.74) is 0.977. The van der Waals surface area contributed by atoms with Crippen LogP contribution in [-0.2, 0) is 0 Å². The predicted octanol–water partition coefficient (Wildman–Crippen LogP) is 2.75. The zero-order valence-electron chi connectivity index (χ0n) is 14.7. The van der Waals surface area contributed by atoms with Gasteiger partial charge < -0.3 is 10.6 Å². The summed E-state index contributed by atoms with van der Waals surface area (Å²) in [7, 11) is 0. The van der Waals surface area contributed by atoms with Gasteiger partial charge in [0.05, 0.1) is 16.7 Å². The van der Waals surface area contributed by atoms with Gasteiger partial charge in [0.1, 0.15) is 16.6 Å². The summed E-state index contributed by atoms with van der Waals surface area (Å²) in [5, 5.41) is 16.0. The predicted molar refractivity (Wildman–Crippen MR) is 110 cm³/mol. The van der Waals surface area contributed by atoms with Crippen molar-refractivity contribution in [3.63, 3.8) is 0 Å². The zero-order valence-corrected chi connectivity index (χ0v) is 16.3. The number of allylic oxidation sites excluding steroid dienone is 2. The molecule has 2 amide bonds. The summed E-state index contributed by atoms with van der Waals surface area (Å²) in [6.45, 7) is 3.07. The first-order valence-corrected chi connectivity index (χ1v) is 10.5. The van der Waals surface area contributed by atoms with Crippen LogP contribution in [0.1, 0.15) is 6.92 Å². The van der Waals surface area contributed by atoms with Crippen LogP contribution in [0, 0.1) is 0 Å². The maximum Gasteiger partial charge on any atom is 0.325 e. The molecule has 2 aromatic rings. The van der Waals surface area contributed by atoms with E-state index < -0.39 is 0 Å². The van der Waals surface area contributed by atoms with E-state index in [1.54, 1.807) is 12.4 Å². The summed E-state index contributed by atoms with van der Waals surface area (Å²) < 4.78 is 0. The molecule has 9 heteroatoms. The molecule has 2 aromatic heterocycles. The van der Waals surface area contributed by atoms with Crippen molar-refractivity contribution in [1.29, 1.82) is 0 Å². The van der Waals surface area contributed by atoms with E-state index in [4.69, 9.17) is 0 Å². The molecule has 2 aliphatic rings. The normalized spacial score (nSPS) is 23.3. The molecule has 0 aliphatic carbocycles. The summed E-state index contributed by atoms with van der Waals surface area (Å²) >= 11 is 3.37. The number of thiazole rings is 1. The van der Waals surface area contributed by atoms with Gasteiger partial charge in [-0.15, -0.1) is 23.1 Å². The number of aromatic nitrogens is 2. The Morgan fingerprint density at radius 3 is 2.96 bits per heavy atom. The SMILES string of the molecule is CCNC1SC1C1C=CC=C(NC(=O)Nc2csc(-c3ccncc3)n2)N1. The van der Waals surface area contributed by atoms with Gasteiger partial charge in [-0.05, 0) is 24.8 Å². The molecular formula is C18H20N6OS2. The quantitative estimate of drug-likeness (QED) is 0.558. The molecular weight excluding hydrogens is 380 g/mol. The van der Waals surface area contributed by atoms with Crippen molar-refractivity contribution < 1.29 is 4.79 Å². The maximum atomic E-state index is 12.3. The van der Waals surface area contributed by atoms with Crippen molar-refractivity contribution >= 4 is 34.9 Å². The van der Waals surface area contributed by atoms with Crippen LogP contribution in [0.4, 0.5) is 10.6 Å². The molecule has 4 N–H and O–H groups in total. The number of anilines is 1. The Bertz CT molecular complexity index is 866. The van der Waals surface area contributed by atoms with Crippen molar-refractivity contribution in [3.05, 3.63) is 54.0 Å². The second kappa shape index (κ2) is 8.12. The first-order valence-electron chi connectivity index (χ1n) is 8.71. The average Bonchev–Trinajstić information content (AvgIpc) is 3.30. The molecule has 3 unspecified atom stereocenters. The van der Waals surface area contributed by atoms with Gasteiger partial charge >= 0.3 is 6.03 Å². The number of amides is 2. The summed E-state index contributed by atoms with van der Waals surface area (Å²) in [4.78, 5) is 20.7. The molecule has 4 heterocycles. The Morgan fingerprint density at radius 1 is 1.30 bits per heavy atom. The summed E-state index contributed by atoms with van der Waals surface area (Å²) in [6.07, 6.45) is 9.40. The maximum absolute atomic E-state index is 12.3. The number of hydrogen-bond donors (Lipinski definition) is 4. The van der Waals surface area contributed by atoms with Crippen LogP contribution in [0.2, 0.25) is 0 Å². The fourth-order valence-corrected chi connectivity index (χ4v) is 4.67. The monoisotopic (exact) mass is 400 g/mol. The second-order valence-corrected chi connectivity index (χ2v) is 8.25. The molecule has 1 saturated heterocycles. The van der Waals surface area contributed by atoms with Gasteiger partial charge in [0.2, 0.25) is 0 Å². The Labute approximate surface area is 165 Å². The van der Waals surface area contributed by atoms with E-state index in [2.05, 4.69) is 44.2 Å². The number of urea groups is 1. The van der Waals surface area contributed by atoms with Crippen LogP contribution in [0.3, 0.4) is 0 Å². The Morgan fingerprint density at radius 2 is 2.15 bits per heavy atom. The molecule has 2 aliphatic heterocycles. The van der Waals surface area contributed by atoms with Crippen LogP contribution in [0.25, 0.3) is 10.6 Å². The highest BCUT2D eigenvalue weighted by molar-refractivity contribution is 8.07. The fourth-order valence-electron chi connectivity index (χ4n) is 2.81. The molecule has 27 heavy (non-hydrogen) atoms. The Kier molecular flexibility index (Phi) is 5.42. The number of nitrogens with one attached hydrogen (secondary N) is 4. The number of hydrogen-bond acceptors (Lipinski definition) is 7. The van der Waals surface area contributed by atoms with Gasteiger partial charge in [-0.25, -0.2) is 9.78 Å². The molecule has 4 rings (SSSR count). The van der Waals surface area contributed by atoms with Crippen molar-refractivity contribution in [2.45, 2.75) is 23.6 Å². The molecule has 7 nitrogen and oxygen atoms in total. The second-order valence-electron chi connectivity index (χ2n) is 6.07. The molecule has 0 aromatic carbocycles. The number of nitrogens with zero attached hydrogens (tertiary/aromatic N) is 2. The molecule has 0 spiro atoms. The average molecular weight is 401 g/mol. The van der Waals surface area contributed by atoms with E-state index >= 15 is 0 Å². The van der Waals surface area contributed by atoms with E-state index in [9.17, 15) is 4.79 Å². The van der Waals surface area contributed by atoms with Gasteiger partial charge in [0, 0.05) is 23.3 Å². The van der Waals surface area contributed by atoms with Gasteiger partial charge in [-0.2, -0.15) is 0 Å². The number of pyridine rings is 1. The lowest BCUT2D eigenvalue weighted by molar-refractivity contribution is 0.253. The number of rotatable bonds is 6. The van der Waals surface area contributed by atoms with Crippen LogP contribution < -0.4 is 21.3 Å².